The van der Waals surface area contributed by atoms with Crippen LogP contribution in [0.2, 0.25) is 0 Å². The van der Waals surface area contributed by atoms with Gasteiger partial charge in [0.1, 0.15) is 0 Å². The van der Waals surface area contributed by atoms with E-state index in [0.29, 0.717) is 42.5 Å². The normalized spacial score (nSPS) is 19.4. The van der Waals surface area contributed by atoms with Crippen molar-refractivity contribution in [2.75, 3.05) is 29.7 Å². The maximum atomic E-state index is 12.6. The van der Waals surface area contributed by atoms with Crippen LogP contribution in [0.25, 0.3) is 0 Å². The Morgan fingerprint density at radius 1 is 1.41 bits per heavy atom. The van der Waals surface area contributed by atoms with Crippen molar-refractivity contribution < 1.29 is 8.42 Å². The highest BCUT2D eigenvalue weighted by atomic mass is 32.2. The predicted octanol–water partition coefficient (Wildman–Crippen LogP) is 2.38. The molecule has 0 amide bonds. The molecule has 1 aliphatic heterocycles. The lowest BCUT2D eigenvalue weighted by molar-refractivity contribution is 0.282. The standard InChI is InChI=1S/C15H22N4O2S/c1-3-17-14-7-6-13(10-16)9-15(14)18-22(20,21)19-8-4-5-12(2)11-19/h6-7,9,12,17-18H,3-5,8,11H2,1-2H3. The highest BCUT2D eigenvalue weighted by Crippen LogP contribution is 2.26. The van der Waals surface area contributed by atoms with E-state index >= 15 is 0 Å². The summed E-state index contributed by atoms with van der Waals surface area (Å²) in [6.07, 6.45) is 1.93. The van der Waals surface area contributed by atoms with Crippen LogP contribution in [-0.4, -0.2) is 32.4 Å². The lowest BCUT2D eigenvalue weighted by atomic mass is 10.0. The van der Waals surface area contributed by atoms with E-state index in [4.69, 9.17) is 5.26 Å². The molecule has 0 spiro atoms. The molecule has 0 aromatic heterocycles. The molecule has 1 atom stereocenters. The van der Waals surface area contributed by atoms with Gasteiger partial charge in [-0.3, -0.25) is 4.72 Å². The third-order valence-corrected chi connectivity index (χ3v) is 5.20. The number of hydrogen-bond acceptors (Lipinski definition) is 4. The molecule has 1 aliphatic rings. The maximum absolute atomic E-state index is 12.6. The van der Waals surface area contributed by atoms with E-state index in [2.05, 4.69) is 17.0 Å². The topological polar surface area (TPSA) is 85.2 Å². The van der Waals surface area contributed by atoms with Gasteiger partial charge < -0.3 is 5.32 Å². The summed E-state index contributed by atoms with van der Waals surface area (Å²) < 4.78 is 29.2. The van der Waals surface area contributed by atoms with Crippen molar-refractivity contribution in [1.82, 2.24) is 4.31 Å². The zero-order valence-corrected chi connectivity index (χ0v) is 13.8. The van der Waals surface area contributed by atoms with Crippen LogP contribution in [0.1, 0.15) is 32.3 Å². The zero-order chi connectivity index (χ0) is 16.2. The summed E-state index contributed by atoms with van der Waals surface area (Å²) >= 11 is 0. The fourth-order valence-electron chi connectivity index (χ4n) is 2.61. The van der Waals surface area contributed by atoms with E-state index in [-0.39, 0.29) is 0 Å². The van der Waals surface area contributed by atoms with Crippen molar-refractivity contribution in [3.05, 3.63) is 23.8 Å². The molecule has 2 rings (SSSR count). The minimum atomic E-state index is -3.60. The molecule has 2 N–H and O–H groups in total. The summed E-state index contributed by atoms with van der Waals surface area (Å²) in [5, 5.41) is 12.1. The van der Waals surface area contributed by atoms with Crippen LogP contribution in [0.4, 0.5) is 11.4 Å². The van der Waals surface area contributed by atoms with E-state index in [1.165, 1.54) is 4.31 Å². The van der Waals surface area contributed by atoms with E-state index in [1.54, 1.807) is 18.2 Å². The highest BCUT2D eigenvalue weighted by molar-refractivity contribution is 7.90. The van der Waals surface area contributed by atoms with Crippen LogP contribution < -0.4 is 10.0 Å². The van der Waals surface area contributed by atoms with Gasteiger partial charge in [0.25, 0.3) is 0 Å². The smallest absolute Gasteiger partial charge is 0.301 e. The van der Waals surface area contributed by atoms with E-state index in [9.17, 15) is 8.42 Å². The monoisotopic (exact) mass is 322 g/mol. The molecule has 0 bridgehead atoms. The molecule has 0 saturated carbocycles. The minimum absolute atomic E-state index is 0.365. The second kappa shape index (κ2) is 6.99. The first-order chi connectivity index (χ1) is 10.5. The lowest BCUT2D eigenvalue weighted by Crippen LogP contribution is -2.42. The Morgan fingerprint density at radius 3 is 2.82 bits per heavy atom. The van der Waals surface area contributed by atoms with Crippen molar-refractivity contribution in [2.24, 2.45) is 5.92 Å². The van der Waals surface area contributed by atoms with Crippen LogP contribution in [0, 0.1) is 17.2 Å². The van der Waals surface area contributed by atoms with Crippen LogP contribution in [0.5, 0.6) is 0 Å². The van der Waals surface area contributed by atoms with Gasteiger partial charge in [0.15, 0.2) is 0 Å². The molecule has 1 heterocycles. The van der Waals surface area contributed by atoms with Crippen molar-refractivity contribution in [1.29, 1.82) is 5.26 Å². The van der Waals surface area contributed by atoms with Crippen molar-refractivity contribution in [3.63, 3.8) is 0 Å². The fourth-order valence-corrected chi connectivity index (χ4v) is 4.01. The number of hydrogen-bond donors (Lipinski definition) is 2. The van der Waals surface area contributed by atoms with Gasteiger partial charge in [0, 0.05) is 19.6 Å². The van der Waals surface area contributed by atoms with Gasteiger partial charge in [-0.2, -0.15) is 18.0 Å². The SMILES string of the molecule is CCNc1ccc(C#N)cc1NS(=O)(=O)N1CCCC(C)C1. The van der Waals surface area contributed by atoms with Gasteiger partial charge in [0.05, 0.1) is 23.0 Å². The molecule has 120 valence electrons. The van der Waals surface area contributed by atoms with Crippen LogP contribution in [0.15, 0.2) is 18.2 Å². The Labute approximate surface area is 132 Å². The Bertz CT molecular complexity index is 667. The molecule has 0 aliphatic carbocycles. The molecular weight excluding hydrogens is 300 g/mol. The van der Waals surface area contributed by atoms with Gasteiger partial charge in [-0.15, -0.1) is 0 Å². The fraction of sp³-hybridized carbons (Fsp3) is 0.533. The lowest BCUT2D eigenvalue weighted by Gasteiger charge is -2.30. The first kappa shape index (κ1) is 16.6. The number of anilines is 2. The first-order valence-electron chi connectivity index (χ1n) is 7.52. The van der Waals surface area contributed by atoms with E-state index in [1.807, 2.05) is 13.0 Å². The summed E-state index contributed by atoms with van der Waals surface area (Å²) in [6.45, 7) is 5.73. The molecule has 7 heteroatoms. The Balaban J connectivity index is 2.26. The molecule has 1 saturated heterocycles. The van der Waals surface area contributed by atoms with Crippen LogP contribution >= 0.6 is 0 Å². The third-order valence-electron chi connectivity index (χ3n) is 3.71. The van der Waals surface area contributed by atoms with E-state index < -0.39 is 10.2 Å². The Hall–Kier alpha value is -1.78. The van der Waals surface area contributed by atoms with Crippen molar-refractivity contribution >= 4 is 21.6 Å². The molecule has 6 nitrogen and oxygen atoms in total. The summed E-state index contributed by atoms with van der Waals surface area (Å²) in [4.78, 5) is 0. The third kappa shape index (κ3) is 3.90. The average molecular weight is 322 g/mol. The molecule has 1 aromatic rings. The second-order valence-corrected chi connectivity index (χ2v) is 7.29. The van der Waals surface area contributed by atoms with Crippen LogP contribution in [-0.2, 0) is 10.2 Å². The number of nitrogens with zero attached hydrogens (tertiary/aromatic N) is 2. The van der Waals surface area contributed by atoms with Crippen molar-refractivity contribution in [3.8, 4) is 6.07 Å². The summed E-state index contributed by atoms with van der Waals surface area (Å²) in [5.74, 6) is 0.365. The van der Waals surface area contributed by atoms with Gasteiger partial charge in [-0.05, 0) is 43.9 Å². The molecular formula is C15H22N4O2S. The molecule has 0 radical (unpaired) electrons. The second-order valence-electron chi connectivity index (χ2n) is 5.62. The van der Waals surface area contributed by atoms with Crippen LogP contribution in [0.3, 0.4) is 0 Å². The van der Waals surface area contributed by atoms with E-state index in [0.717, 1.165) is 12.8 Å². The highest BCUT2D eigenvalue weighted by Gasteiger charge is 2.27. The molecule has 1 unspecified atom stereocenters. The van der Waals surface area contributed by atoms with Gasteiger partial charge >= 0.3 is 10.2 Å². The number of nitrogens with one attached hydrogen (secondary N) is 2. The Morgan fingerprint density at radius 2 is 2.18 bits per heavy atom. The first-order valence-corrected chi connectivity index (χ1v) is 8.96. The quantitative estimate of drug-likeness (QED) is 0.871. The number of benzene rings is 1. The number of piperidine rings is 1. The summed E-state index contributed by atoms with van der Waals surface area (Å²) in [7, 11) is -3.60. The minimum Gasteiger partial charge on any atom is -0.384 e. The number of rotatable bonds is 5. The number of nitriles is 1. The summed E-state index contributed by atoms with van der Waals surface area (Å²) in [5.41, 5.74) is 1.51. The maximum Gasteiger partial charge on any atom is 0.301 e. The largest absolute Gasteiger partial charge is 0.384 e. The van der Waals surface area contributed by atoms with Gasteiger partial charge in [-0.25, -0.2) is 0 Å². The Kier molecular flexibility index (Phi) is 5.27. The summed E-state index contributed by atoms with van der Waals surface area (Å²) in [6, 6.07) is 6.98. The molecule has 22 heavy (non-hydrogen) atoms. The predicted molar refractivity (Wildman–Crippen MR) is 87.8 cm³/mol. The zero-order valence-electron chi connectivity index (χ0n) is 13.0. The van der Waals surface area contributed by atoms with Gasteiger partial charge in [-0.1, -0.05) is 6.92 Å². The molecule has 1 fully saturated rings. The van der Waals surface area contributed by atoms with Crippen molar-refractivity contribution in [2.45, 2.75) is 26.7 Å². The molecule has 1 aromatic carbocycles. The average Bonchev–Trinajstić information content (AvgIpc) is 2.49. The van der Waals surface area contributed by atoms with Gasteiger partial charge in [0.2, 0.25) is 0 Å².